The second-order valence-corrected chi connectivity index (χ2v) is 6.74. The summed E-state index contributed by atoms with van der Waals surface area (Å²) < 4.78 is 5.86. The number of nitrogens with zero attached hydrogens (tertiary/aromatic N) is 1. The number of hydrogen-bond acceptors (Lipinski definition) is 3. The zero-order valence-corrected chi connectivity index (χ0v) is 15.3. The van der Waals surface area contributed by atoms with Crippen molar-refractivity contribution in [1.29, 1.82) is 0 Å². The van der Waals surface area contributed by atoms with Gasteiger partial charge in [0.25, 0.3) is 0 Å². The molecule has 0 saturated carbocycles. The van der Waals surface area contributed by atoms with Gasteiger partial charge in [-0.1, -0.05) is 56.3 Å². The number of hydrogen-bond donors (Lipinski definition) is 1. The van der Waals surface area contributed by atoms with Gasteiger partial charge in [0.1, 0.15) is 12.4 Å². The highest BCUT2D eigenvalue weighted by molar-refractivity contribution is 5.30. The van der Waals surface area contributed by atoms with E-state index >= 15 is 0 Å². The summed E-state index contributed by atoms with van der Waals surface area (Å²) >= 11 is 0. The first-order valence-corrected chi connectivity index (χ1v) is 8.71. The molecule has 3 nitrogen and oxygen atoms in total. The van der Waals surface area contributed by atoms with Gasteiger partial charge in [0, 0.05) is 18.6 Å². The Morgan fingerprint density at radius 2 is 1.58 bits per heavy atom. The minimum atomic E-state index is 0.227. The first-order valence-electron chi connectivity index (χ1n) is 8.71. The third-order valence-electron chi connectivity index (χ3n) is 4.84. The molecule has 130 valence electrons. The minimum Gasteiger partial charge on any atom is -0.489 e. The molecule has 0 saturated heterocycles. The van der Waals surface area contributed by atoms with E-state index in [0.29, 0.717) is 25.1 Å². The highest BCUT2D eigenvalue weighted by Gasteiger charge is 2.22. The van der Waals surface area contributed by atoms with Crippen LogP contribution in [0.15, 0.2) is 54.6 Å². The topological polar surface area (TPSA) is 38.5 Å². The van der Waals surface area contributed by atoms with Crippen LogP contribution in [-0.2, 0) is 6.61 Å². The smallest absolute Gasteiger partial charge is 0.119 e. The van der Waals surface area contributed by atoms with Gasteiger partial charge < -0.3 is 10.5 Å². The molecule has 0 aliphatic carbocycles. The van der Waals surface area contributed by atoms with Crippen molar-refractivity contribution in [3.8, 4) is 5.75 Å². The SMILES string of the molecule is CC(C)C(C)N(C)C(CN)c1ccc(OCc2ccccc2)cc1. The Morgan fingerprint density at radius 3 is 2.12 bits per heavy atom. The third kappa shape index (κ3) is 4.83. The Morgan fingerprint density at radius 1 is 0.958 bits per heavy atom. The fraction of sp³-hybridized carbons (Fsp3) is 0.429. The summed E-state index contributed by atoms with van der Waals surface area (Å²) in [4.78, 5) is 2.37. The molecule has 0 aromatic heterocycles. The summed E-state index contributed by atoms with van der Waals surface area (Å²) in [5, 5.41) is 0. The van der Waals surface area contributed by atoms with Gasteiger partial charge >= 0.3 is 0 Å². The van der Waals surface area contributed by atoms with Crippen LogP contribution < -0.4 is 10.5 Å². The second kappa shape index (κ2) is 8.86. The van der Waals surface area contributed by atoms with Crippen LogP contribution in [0.2, 0.25) is 0 Å². The first-order chi connectivity index (χ1) is 11.5. The lowest BCUT2D eigenvalue weighted by molar-refractivity contribution is 0.152. The van der Waals surface area contributed by atoms with Gasteiger partial charge in [0.05, 0.1) is 0 Å². The number of ether oxygens (including phenoxy) is 1. The summed E-state index contributed by atoms with van der Waals surface area (Å²) in [7, 11) is 2.15. The van der Waals surface area contributed by atoms with Crippen LogP contribution in [0, 0.1) is 5.92 Å². The highest BCUT2D eigenvalue weighted by Crippen LogP contribution is 2.25. The number of benzene rings is 2. The van der Waals surface area contributed by atoms with Crippen molar-refractivity contribution in [2.24, 2.45) is 11.7 Å². The van der Waals surface area contributed by atoms with Gasteiger partial charge in [-0.05, 0) is 43.1 Å². The van der Waals surface area contributed by atoms with Crippen molar-refractivity contribution in [2.45, 2.75) is 39.5 Å². The van der Waals surface area contributed by atoms with Gasteiger partial charge in [-0.2, -0.15) is 0 Å². The lowest BCUT2D eigenvalue weighted by Gasteiger charge is -2.35. The first kappa shape index (κ1) is 18.5. The van der Waals surface area contributed by atoms with Crippen LogP contribution in [0.1, 0.15) is 37.9 Å². The molecule has 0 radical (unpaired) electrons. The molecule has 0 heterocycles. The quantitative estimate of drug-likeness (QED) is 0.788. The van der Waals surface area contributed by atoms with E-state index in [2.05, 4.69) is 57.0 Å². The Balaban J connectivity index is 2.01. The van der Waals surface area contributed by atoms with E-state index in [-0.39, 0.29) is 6.04 Å². The molecule has 2 atom stereocenters. The Bertz CT molecular complexity index is 595. The number of rotatable bonds is 8. The van der Waals surface area contributed by atoms with Crippen molar-refractivity contribution in [3.63, 3.8) is 0 Å². The molecule has 2 rings (SSSR count). The molecule has 0 spiro atoms. The van der Waals surface area contributed by atoms with Crippen molar-refractivity contribution in [2.75, 3.05) is 13.6 Å². The fourth-order valence-corrected chi connectivity index (χ4v) is 2.82. The summed E-state index contributed by atoms with van der Waals surface area (Å²) in [5.74, 6) is 1.48. The van der Waals surface area contributed by atoms with Gasteiger partial charge in [-0.3, -0.25) is 4.90 Å². The summed E-state index contributed by atoms with van der Waals surface area (Å²) in [6.07, 6.45) is 0. The number of nitrogens with two attached hydrogens (primary N) is 1. The highest BCUT2D eigenvalue weighted by atomic mass is 16.5. The van der Waals surface area contributed by atoms with E-state index in [1.165, 1.54) is 11.1 Å². The van der Waals surface area contributed by atoms with Gasteiger partial charge in [0.15, 0.2) is 0 Å². The standard InChI is InChI=1S/C21H30N2O/c1-16(2)17(3)23(4)21(14-22)19-10-12-20(13-11-19)24-15-18-8-6-5-7-9-18/h5-13,16-17,21H,14-15,22H2,1-4H3. The summed E-state index contributed by atoms with van der Waals surface area (Å²) in [6, 6.07) is 19.2. The van der Waals surface area contributed by atoms with Crippen LogP contribution in [0.3, 0.4) is 0 Å². The van der Waals surface area contributed by atoms with Crippen LogP contribution in [-0.4, -0.2) is 24.5 Å². The molecule has 0 amide bonds. The van der Waals surface area contributed by atoms with E-state index in [1.807, 2.05) is 30.3 Å². The average Bonchev–Trinajstić information content (AvgIpc) is 2.61. The van der Waals surface area contributed by atoms with E-state index in [0.717, 1.165) is 5.75 Å². The molecule has 2 unspecified atom stereocenters. The van der Waals surface area contributed by atoms with E-state index in [1.54, 1.807) is 0 Å². The minimum absolute atomic E-state index is 0.227. The predicted octanol–water partition coefficient (Wildman–Crippen LogP) is 4.24. The van der Waals surface area contributed by atoms with Gasteiger partial charge in [0.2, 0.25) is 0 Å². The van der Waals surface area contributed by atoms with Crippen LogP contribution in [0.4, 0.5) is 0 Å². The maximum atomic E-state index is 6.04. The third-order valence-corrected chi connectivity index (χ3v) is 4.84. The van der Waals surface area contributed by atoms with Gasteiger partial charge in [-0.15, -0.1) is 0 Å². The Kier molecular flexibility index (Phi) is 6.83. The van der Waals surface area contributed by atoms with Crippen molar-refractivity contribution in [1.82, 2.24) is 4.90 Å². The molecule has 0 fully saturated rings. The molecule has 0 bridgehead atoms. The zero-order chi connectivity index (χ0) is 17.5. The Hall–Kier alpha value is -1.84. The van der Waals surface area contributed by atoms with E-state index in [4.69, 9.17) is 10.5 Å². The molecular formula is C21H30N2O. The lowest BCUT2D eigenvalue weighted by Crippen LogP contribution is -2.39. The van der Waals surface area contributed by atoms with Crippen molar-refractivity contribution < 1.29 is 4.74 Å². The van der Waals surface area contributed by atoms with Crippen molar-refractivity contribution in [3.05, 3.63) is 65.7 Å². The number of likely N-dealkylation sites (N-methyl/N-ethyl adjacent to an activating group) is 1. The van der Waals surface area contributed by atoms with E-state index in [9.17, 15) is 0 Å². The van der Waals surface area contributed by atoms with Crippen LogP contribution in [0.5, 0.6) is 5.75 Å². The van der Waals surface area contributed by atoms with Crippen LogP contribution >= 0.6 is 0 Å². The maximum absolute atomic E-state index is 6.04. The molecule has 0 aliphatic rings. The molecular weight excluding hydrogens is 296 g/mol. The molecule has 2 aromatic rings. The summed E-state index contributed by atoms with van der Waals surface area (Å²) in [5.41, 5.74) is 8.45. The molecule has 3 heteroatoms. The average molecular weight is 326 g/mol. The molecule has 24 heavy (non-hydrogen) atoms. The Labute approximate surface area is 146 Å². The molecule has 0 aliphatic heterocycles. The van der Waals surface area contributed by atoms with E-state index < -0.39 is 0 Å². The maximum Gasteiger partial charge on any atom is 0.119 e. The predicted molar refractivity (Wildman–Crippen MR) is 101 cm³/mol. The van der Waals surface area contributed by atoms with Crippen molar-refractivity contribution >= 4 is 0 Å². The zero-order valence-electron chi connectivity index (χ0n) is 15.3. The van der Waals surface area contributed by atoms with Crippen LogP contribution in [0.25, 0.3) is 0 Å². The monoisotopic (exact) mass is 326 g/mol. The lowest BCUT2D eigenvalue weighted by atomic mass is 9.99. The molecule has 2 N–H and O–H groups in total. The van der Waals surface area contributed by atoms with Gasteiger partial charge in [-0.25, -0.2) is 0 Å². The molecule has 2 aromatic carbocycles. The normalized spacial score (nSPS) is 14.0. The largest absolute Gasteiger partial charge is 0.489 e. The summed E-state index contributed by atoms with van der Waals surface area (Å²) in [6.45, 7) is 7.94. The second-order valence-electron chi connectivity index (χ2n) is 6.74. The fourth-order valence-electron chi connectivity index (χ4n) is 2.82.